The molecule has 0 fully saturated rings. The highest BCUT2D eigenvalue weighted by Gasteiger charge is 2.21. The Bertz CT molecular complexity index is 1310. The molecular weight excluding hydrogens is 438 g/mol. The lowest BCUT2D eigenvalue weighted by Gasteiger charge is -2.17. The lowest BCUT2D eigenvalue weighted by atomic mass is 10.1. The molecule has 0 bridgehead atoms. The summed E-state index contributed by atoms with van der Waals surface area (Å²) in [6, 6.07) is 11.6. The molecule has 2 heterocycles. The molecule has 8 heteroatoms. The number of sulfone groups is 1. The number of ether oxygens (including phenoxy) is 2. The van der Waals surface area contributed by atoms with Gasteiger partial charge >= 0.3 is 0 Å². The summed E-state index contributed by atoms with van der Waals surface area (Å²) in [7, 11) is -1.81. The van der Waals surface area contributed by atoms with E-state index in [-0.39, 0.29) is 16.2 Å². The SMILES string of the molecule is CCS(=O)(=O)c1ccc2c(c1)-c1cn(C)c(=O)cc1OCCCc1cc(Cl)ccc1O2. The first-order valence-corrected chi connectivity index (χ1v) is 12.0. The van der Waals surface area contributed by atoms with E-state index in [1.165, 1.54) is 16.7 Å². The Morgan fingerprint density at radius 1 is 1.03 bits per heavy atom. The van der Waals surface area contributed by atoms with Crippen molar-refractivity contribution in [3.63, 3.8) is 0 Å². The molecule has 0 saturated heterocycles. The number of aryl methyl sites for hydroxylation is 2. The van der Waals surface area contributed by atoms with Crippen molar-refractivity contribution >= 4 is 21.4 Å². The van der Waals surface area contributed by atoms with Gasteiger partial charge in [0.15, 0.2) is 9.84 Å². The topological polar surface area (TPSA) is 74.6 Å². The number of halogens is 1. The maximum atomic E-state index is 12.5. The summed E-state index contributed by atoms with van der Waals surface area (Å²) in [5, 5.41) is 0.606. The Hall–Kier alpha value is -2.77. The Kier molecular flexibility index (Phi) is 5.81. The minimum Gasteiger partial charge on any atom is -0.493 e. The van der Waals surface area contributed by atoms with E-state index >= 15 is 0 Å². The number of nitrogens with zero attached hydrogens (tertiary/aromatic N) is 1. The van der Waals surface area contributed by atoms with Crippen molar-refractivity contribution in [1.29, 1.82) is 0 Å². The average Bonchev–Trinajstić information content (AvgIpc) is 2.77. The molecule has 0 aliphatic carbocycles. The Morgan fingerprint density at radius 3 is 2.58 bits per heavy atom. The van der Waals surface area contributed by atoms with Crippen LogP contribution in [0, 0.1) is 0 Å². The van der Waals surface area contributed by atoms with Crippen LogP contribution in [0.4, 0.5) is 0 Å². The van der Waals surface area contributed by atoms with E-state index in [0.717, 1.165) is 5.56 Å². The van der Waals surface area contributed by atoms with Gasteiger partial charge in [0.2, 0.25) is 0 Å². The number of rotatable bonds is 2. The highest BCUT2D eigenvalue weighted by atomic mass is 35.5. The highest BCUT2D eigenvalue weighted by Crippen LogP contribution is 2.41. The smallest absolute Gasteiger partial charge is 0.254 e. The number of pyridine rings is 1. The van der Waals surface area contributed by atoms with Crippen molar-refractivity contribution in [1.82, 2.24) is 4.57 Å². The third kappa shape index (κ3) is 4.34. The molecular formula is C23H22ClNO5S. The largest absolute Gasteiger partial charge is 0.493 e. The zero-order valence-corrected chi connectivity index (χ0v) is 18.8. The van der Waals surface area contributed by atoms with Gasteiger partial charge in [-0.2, -0.15) is 0 Å². The molecule has 0 amide bonds. The maximum Gasteiger partial charge on any atom is 0.254 e. The maximum absolute atomic E-state index is 12.5. The van der Waals surface area contributed by atoms with Crippen molar-refractivity contribution in [2.45, 2.75) is 24.7 Å². The van der Waals surface area contributed by atoms with Gasteiger partial charge in [-0.25, -0.2) is 8.42 Å². The minimum atomic E-state index is -3.45. The molecule has 1 aromatic heterocycles. The second-order valence-electron chi connectivity index (χ2n) is 7.37. The molecule has 1 aliphatic rings. The predicted octanol–water partition coefficient (Wildman–Crippen LogP) is 4.62. The zero-order valence-electron chi connectivity index (χ0n) is 17.2. The van der Waals surface area contributed by atoms with E-state index in [4.69, 9.17) is 21.1 Å². The summed E-state index contributed by atoms with van der Waals surface area (Å²) in [4.78, 5) is 12.4. The number of hydrogen-bond acceptors (Lipinski definition) is 5. The van der Waals surface area contributed by atoms with E-state index in [2.05, 4.69) is 0 Å². The van der Waals surface area contributed by atoms with Crippen LogP contribution in [0.25, 0.3) is 11.1 Å². The van der Waals surface area contributed by atoms with Crippen molar-refractivity contribution in [3.05, 3.63) is 69.6 Å². The first-order valence-electron chi connectivity index (χ1n) is 9.95. The third-order valence-corrected chi connectivity index (χ3v) is 7.23. The van der Waals surface area contributed by atoms with Gasteiger partial charge < -0.3 is 14.0 Å². The molecule has 0 radical (unpaired) electrons. The molecule has 3 aromatic rings. The van der Waals surface area contributed by atoms with E-state index < -0.39 is 9.84 Å². The third-order valence-electron chi connectivity index (χ3n) is 5.26. The van der Waals surface area contributed by atoms with Crippen LogP contribution in [0.1, 0.15) is 18.9 Å². The summed E-state index contributed by atoms with van der Waals surface area (Å²) in [6.45, 7) is 1.98. The molecule has 0 atom stereocenters. The number of benzene rings is 2. The van der Waals surface area contributed by atoms with Crippen LogP contribution in [-0.2, 0) is 23.3 Å². The monoisotopic (exact) mass is 459 g/mol. The molecule has 0 N–H and O–H groups in total. The van der Waals surface area contributed by atoms with Crippen molar-refractivity contribution in [3.8, 4) is 28.4 Å². The van der Waals surface area contributed by atoms with Crippen LogP contribution >= 0.6 is 11.6 Å². The Labute approximate surface area is 185 Å². The molecule has 0 spiro atoms. The summed E-state index contributed by atoms with van der Waals surface area (Å²) >= 11 is 6.18. The van der Waals surface area contributed by atoms with E-state index in [1.54, 1.807) is 44.4 Å². The standard InChI is InChI=1S/C23H22ClNO5S/c1-3-31(27,28)17-7-9-21-18(12-17)19-14-25(2)23(26)13-22(19)29-10-4-5-15-11-16(24)6-8-20(15)30-21/h6-9,11-14H,3-5,10H2,1-2H3. The molecule has 162 valence electrons. The quantitative estimate of drug-likeness (QED) is 0.559. The zero-order chi connectivity index (χ0) is 22.2. The van der Waals surface area contributed by atoms with Crippen molar-refractivity contribution in [2.75, 3.05) is 12.4 Å². The minimum absolute atomic E-state index is 0.0232. The van der Waals surface area contributed by atoms with Crippen LogP contribution < -0.4 is 15.0 Å². The lowest BCUT2D eigenvalue weighted by Crippen LogP contribution is -2.16. The van der Waals surface area contributed by atoms with E-state index in [1.807, 2.05) is 6.07 Å². The van der Waals surface area contributed by atoms with Gasteiger partial charge in [-0.05, 0) is 54.8 Å². The molecule has 2 aromatic carbocycles. The van der Waals surface area contributed by atoms with E-state index in [9.17, 15) is 13.2 Å². The predicted molar refractivity (Wildman–Crippen MR) is 120 cm³/mol. The fourth-order valence-electron chi connectivity index (χ4n) is 3.51. The normalized spacial score (nSPS) is 13.6. The van der Waals surface area contributed by atoms with Crippen molar-refractivity contribution in [2.24, 2.45) is 7.05 Å². The lowest BCUT2D eigenvalue weighted by molar-refractivity contribution is 0.311. The van der Waals surface area contributed by atoms with Crippen LogP contribution in [0.15, 0.2) is 58.4 Å². The molecule has 6 nitrogen and oxygen atoms in total. The van der Waals surface area contributed by atoms with Crippen LogP contribution in [-0.4, -0.2) is 25.3 Å². The fraction of sp³-hybridized carbons (Fsp3) is 0.261. The van der Waals surface area contributed by atoms with Crippen LogP contribution in [0.2, 0.25) is 5.02 Å². The van der Waals surface area contributed by atoms with Gasteiger partial charge in [-0.15, -0.1) is 0 Å². The molecule has 4 rings (SSSR count). The summed E-state index contributed by atoms with van der Waals surface area (Å²) in [5.74, 6) is 1.47. The van der Waals surface area contributed by atoms with Gasteiger partial charge in [0.05, 0.1) is 17.3 Å². The fourth-order valence-corrected chi connectivity index (χ4v) is 4.61. The first kappa shape index (κ1) is 21.5. The van der Waals surface area contributed by atoms with Crippen molar-refractivity contribution < 1.29 is 17.9 Å². The highest BCUT2D eigenvalue weighted by molar-refractivity contribution is 7.91. The second kappa shape index (κ2) is 8.40. The van der Waals surface area contributed by atoms with Gasteiger partial charge in [0.1, 0.15) is 17.2 Å². The van der Waals surface area contributed by atoms with E-state index in [0.29, 0.717) is 52.8 Å². The average molecular weight is 460 g/mol. The Morgan fingerprint density at radius 2 is 1.81 bits per heavy atom. The van der Waals surface area contributed by atoms with Gasteiger partial charge in [0.25, 0.3) is 5.56 Å². The summed E-state index contributed by atoms with van der Waals surface area (Å²) < 4.78 is 38.7. The molecule has 0 unspecified atom stereocenters. The van der Waals surface area contributed by atoms with Crippen LogP contribution in [0.3, 0.4) is 0 Å². The van der Waals surface area contributed by atoms with Gasteiger partial charge in [0, 0.05) is 35.5 Å². The summed E-state index contributed by atoms with van der Waals surface area (Å²) in [6.07, 6.45) is 3.01. The number of fused-ring (bicyclic) bond motifs is 4. The number of aromatic nitrogens is 1. The number of hydrogen-bond donors (Lipinski definition) is 0. The van der Waals surface area contributed by atoms with Gasteiger partial charge in [-0.1, -0.05) is 18.5 Å². The second-order valence-corrected chi connectivity index (χ2v) is 10.1. The molecule has 31 heavy (non-hydrogen) atoms. The summed E-state index contributed by atoms with van der Waals surface area (Å²) in [5.41, 5.74) is 1.82. The Balaban J connectivity index is 1.99. The van der Waals surface area contributed by atoms with Gasteiger partial charge in [-0.3, -0.25) is 4.79 Å². The first-order chi connectivity index (χ1) is 14.8. The molecule has 0 saturated carbocycles. The van der Waals surface area contributed by atoms with Crippen LogP contribution in [0.5, 0.6) is 17.2 Å². The molecule has 1 aliphatic heterocycles.